The van der Waals surface area contributed by atoms with E-state index in [2.05, 4.69) is 18.2 Å². The molecule has 0 unspecified atom stereocenters. The molecule has 0 rings (SSSR count). The normalized spacial score (nSPS) is 6.30. The molecule has 0 amide bonds. The molecule has 0 N–H and O–H groups in total. The number of hydrogen-bond acceptors (Lipinski definition) is 1. The molecule has 0 aromatic carbocycles. The van der Waals surface area contributed by atoms with E-state index >= 15 is 0 Å². The van der Waals surface area contributed by atoms with Crippen molar-refractivity contribution in [3.63, 3.8) is 0 Å². The van der Waals surface area contributed by atoms with E-state index in [4.69, 9.17) is 5.26 Å². The van der Waals surface area contributed by atoms with Crippen molar-refractivity contribution in [2.45, 2.75) is 0 Å². The van der Waals surface area contributed by atoms with E-state index in [9.17, 15) is 13.2 Å². The van der Waals surface area contributed by atoms with E-state index in [1.54, 1.807) is 6.07 Å². The van der Waals surface area contributed by atoms with Gasteiger partial charge in [-0.1, -0.05) is 6.58 Å². The van der Waals surface area contributed by atoms with Crippen LogP contribution < -0.4 is 0 Å². The second-order valence-corrected chi connectivity index (χ2v) is 1.19. The Hall–Kier alpha value is -0.950. The van der Waals surface area contributed by atoms with Crippen molar-refractivity contribution in [1.29, 1.82) is 5.26 Å². The van der Waals surface area contributed by atoms with E-state index in [1.165, 1.54) is 6.08 Å². The molecule has 10 heavy (non-hydrogen) atoms. The third-order valence-electron chi connectivity index (χ3n) is 0.234. The summed E-state index contributed by atoms with van der Waals surface area (Å²) in [6.07, 6.45) is -1.29. The van der Waals surface area contributed by atoms with Gasteiger partial charge in [-0.3, -0.25) is 0 Å². The van der Waals surface area contributed by atoms with Crippen LogP contribution in [0.4, 0.5) is 13.2 Å². The van der Waals surface area contributed by atoms with Crippen LogP contribution in [-0.2, 0) is 0 Å². The Morgan fingerprint density at radius 3 is 1.70 bits per heavy atom. The first-order chi connectivity index (χ1) is 4.56. The Kier molecular flexibility index (Phi) is 9.50. The number of rotatable bonds is 0. The maximum atomic E-state index is 10.7. The fourth-order valence-corrected chi connectivity index (χ4v) is 0. The molecule has 56 valence electrons. The average molecular weight is 170 g/mol. The van der Waals surface area contributed by atoms with E-state index < -0.39 is 11.4 Å². The molecule has 0 atom stereocenters. The molecule has 0 saturated carbocycles. The lowest BCUT2D eigenvalue weighted by Crippen LogP contribution is -1.54. The molecule has 0 aliphatic heterocycles. The lowest BCUT2D eigenvalue weighted by atomic mass is 10.8. The summed E-state index contributed by atoms with van der Waals surface area (Å²) in [5.74, 6) is 0. The first-order valence-corrected chi connectivity index (χ1v) is 2.30. The molecule has 0 bridgehead atoms. The lowest BCUT2D eigenvalue weighted by molar-refractivity contribution is 0.393. The Balaban J connectivity index is 0. The minimum atomic E-state index is -2.48. The van der Waals surface area contributed by atoms with Gasteiger partial charge in [0.2, 0.25) is 0 Å². The zero-order valence-corrected chi connectivity index (χ0v) is 5.50. The number of halogens is 4. The molecule has 0 aliphatic rings. The van der Waals surface area contributed by atoms with E-state index in [0.29, 0.717) is 0 Å². The second kappa shape index (κ2) is 8.05. The van der Waals surface area contributed by atoms with E-state index in [1.807, 2.05) is 0 Å². The summed E-state index contributed by atoms with van der Waals surface area (Å²) < 4.78 is 31.8. The smallest absolute Gasteiger partial charge is 0.193 e. The van der Waals surface area contributed by atoms with Crippen LogP contribution in [0.2, 0.25) is 0 Å². The summed E-state index contributed by atoms with van der Waals surface area (Å²) in [5, 5.41) is 5.57. The summed E-state index contributed by atoms with van der Waals surface area (Å²) in [7, 11) is 0. The van der Waals surface area contributed by atoms with Crippen molar-refractivity contribution in [2.24, 2.45) is 0 Å². The minimum absolute atomic E-state index is 1.18. The van der Waals surface area contributed by atoms with Crippen molar-refractivity contribution >= 4 is 11.6 Å². The highest BCUT2D eigenvalue weighted by atomic mass is 35.5. The molecule has 0 radical (unpaired) electrons. The molecule has 5 heteroatoms. The quantitative estimate of drug-likeness (QED) is 0.512. The van der Waals surface area contributed by atoms with Gasteiger partial charge in [0.1, 0.15) is 0 Å². The van der Waals surface area contributed by atoms with Crippen LogP contribution in [0.15, 0.2) is 24.0 Å². The molecule has 0 aromatic heterocycles. The van der Waals surface area contributed by atoms with Crippen molar-refractivity contribution in [3.8, 4) is 6.07 Å². The van der Waals surface area contributed by atoms with E-state index in [-0.39, 0.29) is 0 Å². The molecular formula is C5H3ClF3N. The first kappa shape index (κ1) is 11.8. The fraction of sp³-hybridized carbons (Fsp3) is 0. The van der Waals surface area contributed by atoms with Gasteiger partial charge in [0.25, 0.3) is 5.29 Å². The van der Waals surface area contributed by atoms with Crippen molar-refractivity contribution in [2.75, 3.05) is 0 Å². The van der Waals surface area contributed by atoms with Crippen LogP contribution >= 0.6 is 11.6 Å². The van der Waals surface area contributed by atoms with Gasteiger partial charge in [-0.25, -0.2) is 0 Å². The maximum absolute atomic E-state index is 10.7. The van der Waals surface area contributed by atoms with Gasteiger partial charge >= 0.3 is 6.08 Å². The highest BCUT2D eigenvalue weighted by Crippen LogP contribution is 2.11. The Morgan fingerprint density at radius 2 is 1.70 bits per heavy atom. The predicted molar refractivity (Wildman–Crippen MR) is 32.0 cm³/mol. The number of hydrogen-bond donors (Lipinski definition) is 0. The summed E-state index contributed by atoms with van der Waals surface area (Å²) in [4.78, 5) is 0. The van der Waals surface area contributed by atoms with Gasteiger partial charge in [0, 0.05) is 6.08 Å². The summed E-state index contributed by atoms with van der Waals surface area (Å²) in [6, 6.07) is 1.69. The number of nitriles is 1. The fourth-order valence-electron chi connectivity index (χ4n) is 0. The Morgan fingerprint density at radius 1 is 1.50 bits per heavy atom. The number of nitrogens with zero attached hydrogens (tertiary/aromatic N) is 1. The monoisotopic (exact) mass is 169 g/mol. The van der Waals surface area contributed by atoms with Gasteiger partial charge in [-0.2, -0.15) is 18.4 Å². The van der Waals surface area contributed by atoms with Crippen LogP contribution in [0, 0.1) is 11.3 Å². The van der Waals surface area contributed by atoms with Gasteiger partial charge in [0.05, 0.1) is 6.07 Å². The topological polar surface area (TPSA) is 23.8 Å². The number of allylic oxidation sites excluding steroid dienone is 1. The molecule has 0 spiro atoms. The largest absolute Gasteiger partial charge is 0.317 e. The van der Waals surface area contributed by atoms with Crippen LogP contribution in [0.25, 0.3) is 0 Å². The third kappa shape index (κ3) is 15.7. The van der Waals surface area contributed by atoms with Crippen molar-refractivity contribution in [3.05, 3.63) is 24.0 Å². The Labute approximate surface area is 61.0 Å². The highest BCUT2D eigenvalue weighted by Gasteiger charge is 1.95. The predicted octanol–water partition coefficient (Wildman–Crippen LogP) is 2.96. The van der Waals surface area contributed by atoms with Crippen LogP contribution in [-0.4, -0.2) is 0 Å². The summed E-state index contributed by atoms with van der Waals surface area (Å²) in [6.45, 7) is 3.12. The lowest BCUT2D eigenvalue weighted by Gasteiger charge is -1.70. The standard InChI is InChI=1S/C3H3N.C2ClF3/c1-2-3-4;3-1(4)2(5)6/h2H,1H2;. The van der Waals surface area contributed by atoms with Crippen molar-refractivity contribution < 1.29 is 13.2 Å². The zero-order chi connectivity index (χ0) is 8.57. The highest BCUT2D eigenvalue weighted by molar-refractivity contribution is 6.28. The Bertz CT molecular complexity index is 152. The molecule has 1 nitrogen and oxygen atoms in total. The first-order valence-electron chi connectivity index (χ1n) is 1.93. The zero-order valence-electron chi connectivity index (χ0n) is 4.74. The maximum Gasteiger partial charge on any atom is 0.317 e. The van der Waals surface area contributed by atoms with Gasteiger partial charge < -0.3 is 0 Å². The molecule has 0 aliphatic carbocycles. The second-order valence-electron chi connectivity index (χ2n) is 0.854. The summed E-state index contributed by atoms with van der Waals surface area (Å²) >= 11 is 4.08. The molecule has 0 fully saturated rings. The van der Waals surface area contributed by atoms with Crippen LogP contribution in [0.5, 0.6) is 0 Å². The van der Waals surface area contributed by atoms with Crippen molar-refractivity contribution in [1.82, 2.24) is 0 Å². The van der Waals surface area contributed by atoms with Crippen LogP contribution in [0.3, 0.4) is 0 Å². The molecule has 0 aromatic rings. The average Bonchev–Trinajstić information content (AvgIpc) is 1.89. The van der Waals surface area contributed by atoms with Crippen LogP contribution in [0.1, 0.15) is 0 Å². The molecule has 0 heterocycles. The summed E-state index contributed by atoms with van der Waals surface area (Å²) in [5.41, 5.74) is 0. The van der Waals surface area contributed by atoms with Gasteiger partial charge in [-0.05, 0) is 11.6 Å². The SMILES string of the molecule is C=CC#N.FC(F)=C(F)Cl. The van der Waals surface area contributed by atoms with Gasteiger partial charge in [-0.15, -0.1) is 0 Å². The van der Waals surface area contributed by atoms with Gasteiger partial charge in [0.15, 0.2) is 0 Å². The minimum Gasteiger partial charge on any atom is -0.193 e. The molecule has 0 saturated heterocycles. The van der Waals surface area contributed by atoms with E-state index in [0.717, 1.165) is 0 Å². The third-order valence-corrected chi connectivity index (χ3v) is 0.377. The molecular weight excluding hydrogens is 167 g/mol.